The Morgan fingerprint density at radius 3 is 2.44 bits per heavy atom. The number of hydrogen-bond acceptors (Lipinski definition) is 2. The molecule has 0 saturated carbocycles. The molecule has 0 bridgehead atoms. The maximum atomic E-state index is 4.64. The highest BCUT2D eigenvalue weighted by atomic mass is 15.2. The molecule has 0 aromatic carbocycles. The highest BCUT2D eigenvalue weighted by Gasteiger charge is 2.21. The van der Waals surface area contributed by atoms with Gasteiger partial charge in [-0.2, -0.15) is 0 Å². The molecule has 1 aromatic heterocycles. The Labute approximate surface area is 112 Å². The fourth-order valence-electron chi connectivity index (χ4n) is 2.36. The second-order valence-corrected chi connectivity index (χ2v) is 5.40. The van der Waals surface area contributed by atoms with Crippen LogP contribution in [-0.2, 0) is 0 Å². The van der Waals surface area contributed by atoms with Gasteiger partial charge in [0.2, 0.25) is 0 Å². The average molecular weight is 248 g/mol. The zero-order valence-corrected chi connectivity index (χ0v) is 12.8. The zero-order valence-electron chi connectivity index (χ0n) is 12.8. The molecule has 0 aliphatic carbocycles. The van der Waals surface area contributed by atoms with Crippen LogP contribution in [0.1, 0.15) is 58.1 Å². The first-order valence-electron chi connectivity index (χ1n) is 7.29. The van der Waals surface area contributed by atoms with E-state index in [9.17, 15) is 0 Å². The molecular formula is C16H28N2. The summed E-state index contributed by atoms with van der Waals surface area (Å²) in [7, 11) is 0. The normalized spacial score (nSPS) is 18.8. The number of aryl methyl sites for hydroxylation is 1. The smallest absolute Gasteiger partial charge is 0.131 e. The van der Waals surface area contributed by atoms with Crippen LogP contribution in [0.4, 0.5) is 5.82 Å². The van der Waals surface area contributed by atoms with Crippen molar-refractivity contribution in [1.29, 1.82) is 0 Å². The molecule has 2 heteroatoms. The lowest BCUT2D eigenvalue weighted by Crippen LogP contribution is -2.21. The molecule has 1 saturated heterocycles. The Balaban J connectivity index is 0.000000771. The standard InChI is InChI=1S/C14H22N2.C2H6/c1-10(2)13-7-12(4)14(15-8-13)16-6-5-11(3)9-16;1-2/h7-8,10-11H,5-6,9H2,1-4H3;1-2H3. The molecular weight excluding hydrogens is 220 g/mol. The lowest BCUT2D eigenvalue weighted by atomic mass is 10.0. The van der Waals surface area contributed by atoms with Gasteiger partial charge in [-0.15, -0.1) is 0 Å². The Morgan fingerprint density at radius 2 is 2.00 bits per heavy atom. The van der Waals surface area contributed by atoms with Crippen molar-refractivity contribution in [3.05, 3.63) is 23.4 Å². The predicted molar refractivity (Wildman–Crippen MR) is 80.4 cm³/mol. The third-order valence-corrected chi connectivity index (χ3v) is 3.46. The van der Waals surface area contributed by atoms with Crippen LogP contribution in [0, 0.1) is 12.8 Å². The van der Waals surface area contributed by atoms with Gasteiger partial charge in [0.25, 0.3) is 0 Å². The molecule has 0 amide bonds. The summed E-state index contributed by atoms with van der Waals surface area (Å²) in [4.78, 5) is 7.06. The Kier molecular flexibility index (Phi) is 5.64. The summed E-state index contributed by atoms with van der Waals surface area (Å²) < 4.78 is 0. The molecule has 1 unspecified atom stereocenters. The Bertz CT molecular complexity index is 371. The van der Waals surface area contributed by atoms with E-state index in [0.717, 1.165) is 19.0 Å². The second-order valence-electron chi connectivity index (χ2n) is 5.40. The molecule has 102 valence electrons. The molecule has 1 aliphatic heterocycles. The highest BCUT2D eigenvalue weighted by molar-refractivity contribution is 5.48. The van der Waals surface area contributed by atoms with Gasteiger partial charge >= 0.3 is 0 Å². The number of hydrogen-bond donors (Lipinski definition) is 0. The minimum Gasteiger partial charge on any atom is -0.356 e. The van der Waals surface area contributed by atoms with Gasteiger partial charge in [-0.25, -0.2) is 4.98 Å². The maximum absolute atomic E-state index is 4.64. The SMILES string of the molecule is CC.Cc1cc(C(C)C)cnc1N1CCC(C)C1. The summed E-state index contributed by atoms with van der Waals surface area (Å²) in [5.41, 5.74) is 2.66. The summed E-state index contributed by atoms with van der Waals surface area (Å²) in [6.07, 6.45) is 3.34. The fraction of sp³-hybridized carbons (Fsp3) is 0.688. The minimum atomic E-state index is 0.567. The van der Waals surface area contributed by atoms with Crippen LogP contribution in [-0.4, -0.2) is 18.1 Å². The summed E-state index contributed by atoms with van der Waals surface area (Å²) >= 11 is 0. The molecule has 2 heterocycles. The quantitative estimate of drug-likeness (QED) is 0.772. The van der Waals surface area contributed by atoms with Gasteiger partial charge in [-0.05, 0) is 36.3 Å². The van der Waals surface area contributed by atoms with E-state index < -0.39 is 0 Å². The van der Waals surface area contributed by atoms with Crippen molar-refractivity contribution in [2.45, 2.75) is 53.9 Å². The summed E-state index contributed by atoms with van der Waals surface area (Å²) in [5.74, 6) is 2.57. The number of pyridine rings is 1. The molecule has 0 radical (unpaired) electrons. The van der Waals surface area contributed by atoms with E-state index in [1.54, 1.807) is 0 Å². The predicted octanol–water partition coefficient (Wildman–Crippen LogP) is 4.39. The Hall–Kier alpha value is -1.05. The van der Waals surface area contributed by atoms with Gasteiger partial charge < -0.3 is 4.90 Å². The number of anilines is 1. The van der Waals surface area contributed by atoms with Crippen molar-refractivity contribution in [3.8, 4) is 0 Å². The molecule has 0 spiro atoms. The molecule has 1 aromatic rings. The van der Waals surface area contributed by atoms with Crippen molar-refractivity contribution in [2.24, 2.45) is 5.92 Å². The van der Waals surface area contributed by atoms with Gasteiger partial charge in [0.15, 0.2) is 0 Å². The van der Waals surface area contributed by atoms with Crippen LogP contribution in [0.2, 0.25) is 0 Å². The van der Waals surface area contributed by atoms with E-state index in [0.29, 0.717) is 5.92 Å². The molecule has 0 N–H and O–H groups in total. The largest absolute Gasteiger partial charge is 0.356 e. The topological polar surface area (TPSA) is 16.1 Å². The van der Waals surface area contributed by atoms with Gasteiger partial charge in [-0.3, -0.25) is 0 Å². The number of rotatable bonds is 2. The zero-order chi connectivity index (χ0) is 13.7. The molecule has 1 aliphatic rings. The van der Waals surface area contributed by atoms with E-state index >= 15 is 0 Å². The van der Waals surface area contributed by atoms with Gasteiger partial charge in [-0.1, -0.05) is 40.7 Å². The summed E-state index contributed by atoms with van der Waals surface area (Å²) in [5, 5.41) is 0. The molecule has 2 rings (SSSR count). The van der Waals surface area contributed by atoms with Gasteiger partial charge in [0, 0.05) is 19.3 Å². The van der Waals surface area contributed by atoms with Crippen molar-refractivity contribution in [3.63, 3.8) is 0 Å². The lowest BCUT2D eigenvalue weighted by molar-refractivity contribution is 0.658. The van der Waals surface area contributed by atoms with Crippen molar-refractivity contribution >= 4 is 5.82 Å². The average Bonchev–Trinajstić information content (AvgIpc) is 2.78. The minimum absolute atomic E-state index is 0.567. The fourth-order valence-corrected chi connectivity index (χ4v) is 2.36. The summed E-state index contributed by atoms with van der Waals surface area (Å²) in [6.45, 7) is 15.3. The lowest BCUT2D eigenvalue weighted by Gasteiger charge is -2.20. The van der Waals surface area contributed by atoms with Crippen LogP contribution >= 0.6 is 0 Å². The van der Waals surface area contributed by atoms with Crippen LogP contribution in [0.3, 0.4) is 0 Å². The van der Waals surface area contributed by atoms with E-state index in [1.165, 1.54) is 23.4 Å². The highest BCUT2D eigenvalue weighted by Crippen LogP contribution is 2.26. The van der Waals surface area contributed by atoms with Crippen molar-refractivity contribution in [2.75, 3.05) is 18.0 Å². The first kappa shape index (κ1) is 15.0. The Morgan fingerprint density at radius 1 is 1.33 bits per heavy atom. The first-order valence-corrected chi connectivity index (χ1v) is 7.29. The van der Waals surface area contributed by atoms with E-state index in [2.05, 4.69) is 43.6 Å². The monoisotopic (exact) mass is 248 g/mol. The van der Waals surface area contributed by atoms with Crippen LogP contribution in [0.15, 0.2) is 12.3 Å². The molecule has 1 fully saturated rings. The van der Waals surface area contributed by atoms with E-state index in [-0.39, 0.29) is 0 Å². The maximum Gasteiger partial charge on any atom is 0.131 e. The third kappa shape index (κ3) is 3.47. The number of aromatic nitrogens is 1. The first-order chi connectivity index (χ1) is 8.58. The van der Waals surface area contributed by atoms with Gasteiger partial charge in [0.05, 0.1) is 0 Å². The van der Waals surface area contributed by atoms with Crippen LogP contribution < -0.4 is 4.90 Å². The van der Waals surface area contributed by atoms with Crippen molar-refractivity contribution in [1.82, 2.24) is 4.98 Å². The molecule has 1 atom stereocenters. The van der Waals surface area contributed by atoms with Crippen molar-refractivity contribution < 1.29 is 0 Å². The second kappa shape index (κ2) is 6.77. The van der Waals surface area contributed by atoms with E-state index in [1.807, 2.05) is 20.0 Å². The molecule has 18 heavy (non-hydrogen) atoms. The molecule has 2 nitrogen and oxygen atoms in total. The number of nitrogens with zero attached hydrogens (tertiary/aromatic N) is 2. The third-order valence-electron chi connectivity index (χ3n) is 3.46. The summed E-state index contributed by atoms with van der Waals surface area (Å²) in [6, 6.07) is 2.29. The van der Waals surface area contributed by atoms with E-state index in [4.69, 9.17) is 0 Å². The van der Waals surface area contributed by atoms with Crippen LogP contribution in [0.25, 0.3) is 0 Å². The van der Waals surface area contributed by atoms with Gasteiger partial charge in [0.1, 0.15) is 5.82 Å². The van der Waals surface area contributed by atoms with Crippen LogP contribution in [0.5, 0.6) is 0 Å².